The molecule has 0 N–H and O–H groups in total. The van der Waals surface area contributed by atoms with Crippen LogP contribution in [0.3, 0.4) is 0 Å². The zero-order chi connectivity index (χ0) is 17.9. The van der Waals surface area contributed by atoms with Gasteiger partial charge in [-0.2, -0.15) is 0 Å². The van der Waals surface area contributed by atoms with Gasteiger partial charge in [-0.15, -0.1) is 0 Å². The van der Waals surface area contributed by atoms with Gasteiger partial charge in [0.05, 0.1) is 22.9 Å². The van der Waals surface area contributed by atoms with Gasteiger partial charge in [0.1, 0.15) is 0 Å². The molecule has 1 aromatic rings. The van der Waals surface area contributed by atoms with Gasteiger partial charge in [0.15, 0.2) is 15.9 Å². The number of hydrogen-bond acceptors (Lipinski definition) is 5. The number of carbonyl (C=O) groups is 1. The second-order valence-electron chi connectivity index (χ2n) is 6.84. The number of hydrogen-bond donors (Lipinski definition) is 0. The summed E-state index contributed by atoms with van der Waals surface area (Å²) in [6, 6.07) is 6.53. The fourth-order valence-electron chi connectivity index (χ4n) is 3.28. The highest BCUT2D eigenvalue weighted by molar-refractivity contribution is 7.92. The first kappa shape index (κ1) is 18.4. The normalized spacial score (nSPS) is 20.2. The molecule has 2 aliphatic rings. The molecule has 5 nitrogen and oxygen atoms in total. The Morgan fingerprint density at radius 1 is 1.08 bits per heavy atom. The summed E-state index contributed by atoms with van der Waals surface area (Å²) in [4.78, 5) is 12.7. The second-order valence-corrected chi connectivity index (χ2v) is 9.07. The van der Waals surface area contributed by atoms with Crippen molar-refractivity contribution >= 4 is 15.8 Å². The van der Waals surface area contributed by atoms with E-state index in [2.05, 4.69) is 0 Å². The topological polar surface area (TPSA) is 69.7 Å². The summed E-state index contributed by atoms with van der Waals surface area (Å²) in [5.41, 5.74) is 0.652. The maximum absolute atomic E-state index is 12.4. The van der Waals surface area contributed by atoms with Gasteiger partial charge in [-0.1, -0.05) is 31.4 Å². The van der Waals surface area contributed by atoms with Gasteiger partial charge in [-0.3, -0.25) is 0 Å². The molecule has 0 aromatic heterocycles. The third-order valence-corrected chi connectivity index (χ3v) is 7.13. The number of ether oxygens (including phenoxy) is 2. The molecule has 1 atom stereocenters. The fourth-order valence-corrected chi connectivity index (χ4v) is 4.94. The lowest BCUT2D eigenvalue weighted by Crippen LogP contribution is -2.26. The van der Waals surface area contributed by atoms with E-state index < -0.39 is 21.9 Å². The first-order chi connectivity index (χ1) is 12.0. The van der Waals surface area contributed by atoms with E-state index in [1.165, 1.54) is 6.42 Å². The highest BCUT2D eigenvalue weighted by atomic mass is 32.2. The Hall–Kier alpha value is -1.40. The quantitative estimate of drug-likeness (QED) is 0.690. The molecule has 138 valence electrons. The van der Waals surface area contributed by atoms with Crippen LogP contribution < -0.4 is 0 Å². The Morgan fingerprint density at radius 2 is 1.72 bits per heavy atom. The predicted molar refractivity (Wildman–Crippen MR) is 94.0 cm³/mol. The van der Waals surface area contributed by atoms with Crippen LogP contribution in [0.5, 0.6) is 0 Å². The predicted octanol–water partition coefficient (Wildman–Crippen LogP) is 3.58. The maximum atomic E-state index is 12.4. The first-order valence-corrected chi connectivity index (χ1v) is 10.7. The van der Waals surface area contributed by atoms with Crippen molar-refractivity contribution in [2.24, 2.45) is 0 Å². The standard InChI is InChI=1S/C19H26O5S/c1-2-23-19(20)18(24-15-6-4-3-5-7-15)14-8-10-16(11-9-14)25(21,22)17-12-13-17/h8-11,15,17-18H,2-7,12-13H2,1H3. The summed E-state index contributed by atoms with van der Waals surface area (Å²) in [6.45, 7) is 2.05. The Bertz CT molecular complexity index is 685. The van der Waals surface area contributed by atoms with Crippen LogP contribution in [0, 0.1) is 0 Å². The zero-order valence-corrected chi connectivity index (χ0v) is 15.5. The first-order valence-electron chi connectivity index (χ1n) is 9.18. The molecule has 0 amide bonds. The van der Waals surface area contributed by atoms with E-state index in [0.29, 0.717) is 10.5 Å². The van der Waals surface area contributed by atoms with E-state index in [1.807, 2.05) is 0 Å². The van der Waals surface area contributed by atoms with Crippen LogP contribution in [0.4, 0.5) is 0 Å². The molecule has 0 aliphatic heterocycles. The summed E-state index contributed by atoms with van der Waals surface area (Å²) >= 11 is 0. The van der Waals surface area contributed by atoms with Crippen molar-refractivity contribution in [3.63, 3.8) is 0 Å². The monoisotopic (exact) mass is 366 g/mol. The minimum atomic E-state index is -3.22. The van der Waals surface area contributed by atoms with Crippen LogP contribution in [0.15, 0.2) is 29.2 Å². The number of rotatable bonds is 7. The van der Waals surface area contributed by atoms with Crippen molar-refractivity contribution < 1.29 is 22.7 Å². The van der Waals surface area contributed by atoms with Crippen molar-refractivity contribution in [3.05, 3.63) is 29.8 Å². The summed E-state index contributed by atoms with van der Waals surface area (Å²) < 4.78 is 35.8. The molecule has 0 spiro atoms. The van der Waals surface area contributed by atoms with E-state index in [0.717, 1.165) is 38.5 Å². The average molecular weight is 366 g/mol. The molecular weight excluding hydrogens is 340 g/mol. The number of benzene rings is 1. The largest absolute Gasteiger partial charge is 0.464 e. The van der Waals surface area contributed by atoms with Gasteiger partial charge in [0.25, 0.3) is 0 Å². The van der Waals surface area contributed by atoms with Crippen LogP contribution in [0.25, 0.3) is 0 Å². The summed E-state index contributed by atoms with van der Waals surface area (Å²) in [7, 11) is -3.22. The molecule has 2 fully saturated rings. The van der Waals surface area contributed by atoms with Gasteiger partial charge in [-0.25, -0.2) is 13.2 Å². The van der Waals surface area contributed by atoms with Crippen molar-refractivity contribution in [2.75, 3.05) is 6.61 Å². The van der Waals surface area contributed by atoms with Gasteiger partial charge in [0, 0.05) is 0 Å². The molecule has 0 bridgehead atoms. The number of sulfone groups is 1. The van der Waals surface area contributed by atoms with E-state index in [9.17, 15) is 13.2 Å². The molecule has 1 unspecified atom stereocenters. The third-order valence-electron chi connectivity index (χ3n) is 4.86. The fraction of sp³-hybridized carbons (Fsp3) is 0.632. The van der Waals surface area contributed by atoms with Gasteiger partial charge in [-0.05, 0) is 50.3 Å². The highest BCUT2D eigenvalue weighted by Crippen LogP contribution is 2.34. The van der Waals surface area contributed by atoms with Crippen LogP contribution in [0.1, 0.15) is 63.5 Å². The molecule has 3 rings (SSSR count). The van der Waals surface area contributed by atoms with Crippen LogP contribution in [0.2, 0.25) is 0 Å². The van der Waals surface area contributed by atoms with Crippen molar-refractivity contribution in [2.45, 2.75) is 74.2 Å². The lowest BCUT2D eigenvalue weighted by molar-refractivity contribution is -0.162. The highest BCUT2D eigenvalue weighted by Gasteiger charge is 2.37. The Morgan fingerprint density at radius 3 is 2.28 bits per heavy atom. The molecule has 6 heteroatoms. The van der Waals surface area contributed by atoms with Gasteiger partial charge in [0.2, 0.25) is 0 Å². The second kappa shape index (κ2) is 7.87. The third kappa shape index (κ3) is 4.42. The smallest absolute Gasteiger partial charge is 0.339 e. The molecule has 2 aliphatic carbocycles. The molecule has 25 heavy (non-hydrogen) atoms. The van der Waals surface area contributed by atoms with Crippen molar-refractivity contribution in [1.29, 1.82) is 0 Å². The molecule has 0 saturated heterocycles. The number of carbonyl (C=O) groups excluding carboxylic acids is 1. The Kier molecular flexibility index (Phi) is 5.79. The van der Waals surface area contributed by atoms with E-state index in [4.69, 9.17) is 9.47 Å². The summed E-state index contributed by atoms with van der Waals surface area (Å²) in [6.07, 6.45) is 6.06. The summed E-state index contributed by atoms with van der Waals surface area (Å²) in [5, 5.41) is -0.238. The summed E-state index contributed by atoms with van der Waals surface area (Å²) in [5.74, 6) is -0.411. The van der Waals surface area contributed by atoms with Gasteiger partial charge < -0.3 is 9.47 Å². The average Bonchev–Trinajstić information content (AvgIpc) is 3.46. The molecule has 0 radical (unpaired) electrons. The molecule has 2 saturated carbocycles. The van der Waals surface area contributed by atoms with Crippen molar-refractivity contribution in [3.8, 4) is 0 Å². The SMILES string of the molecule is CCOC(=O)C(OC1CCCCC1)c1ccc(S(=O)(=O)C2CC2)cc1. The van der Waals surface area contributed by atoms with Crippen LogP contribution in [-0.4, -0.2) is 32.3 Å². The maximum Gasteiger partial charge on any atom is 0.339 e. The van der Waals surface area contributed by atoms with E-state index in [-0.39, 0.29) is 18.0 Å². The lowest BCUT2D eigenvalue weighted by Gasteiger charge is -2.26. The minimum Gasteiger partial charge on any atom is -0.464 e. The molecule has 1 aromatic carbocycles. The van der Waals surface area contributed by atoms with E-state index >= 15 is 0 Å². The van der Waals surface area contributed by atoms with Crippen molar-refractivity contribution in [1.82, 2.24) is 0 Å². The minimum absolute atomic E-state index is 0.0537. The van der Waals surface area contributed by atoms with Crippen LogP contribution >= 0.6 is 0 Å². The van der Waals surface area contributed by atoms with Crippen LogP contribution in [-0.2, 0) is 24.1 Å². The molecule has 0 heterocycles. The van der Waals surface area contributed by atoms with Gasteiger partial charge >= 0.3 is 5.97 Å². The lowest BCUT2D eigenvalue weighted by atomic mass is 9.97. The van der Waals surface area contributed by atoms with E-state index in [1.54, 1.807) is 31.2 Å². The zero-order valence-electron chi connectivity index (χ0n) is 14.6. The Labute approximate surface area is 149 Å². The Balaban J connectivity index is 1.78. The number of esters is 1. The molecular formula is C19H26O5S.